The number of anilines is 1. The van der Waals surface area contributed by atoms with Crippen LogP contribution in [-0.2, 0) is 4.79 Å². The van der Waals surface area contributed by atoms with E-state index in [1.165, 1.54) is 18.2 Å². The van der Waals surface area contributed by atoms with Crippen LogP contribution in [0.15, 0.2) is 54.6 Å². The van der Waals surface area contributed by atoms with Crippen LogP contribution in [-0.4, -0.2) is 17.4 Å². The Bertz CT molecular complexity index is 767. The van der Waals surface area contributed by atoms with Crippen molar-refractivity contribution in [2.75, 3.05) is 11.9 Å². The lowest BCUT2D eigenvalue weighted by atomic mass is 10.2. The third-order valence-corrected chi connectivity index (χ3v) is 3.22. The number of carbonyl (C=O) groups is 1. The molecule has 6 nitrogen and oxygen atoms in total. The lowest BCUT2D eigenvalue weighted by Gasteiger charge is -2.10. The molecule has 1 N–H and O–H groups in total. The van der Waals surface area contributed by atoms with Gasteiger partial charge >= 0.3 is 0 Å². The highest BCUT2D eigenvalue weighted by Gasteiger charge is 2.04. The summed E-state index contributed by atoms with van der Waals surface area (Å²) in [7, 11) is 0. The topological polar surface area (TPSA) is 81.5 Å². The molecule has 0 radical (unpaired) electrons. The molecule has 0 aromatic heterocycles. The third-order valence-electron chi connectivity index (χ3n) is 3.22. The van der Waals surface area contributed by atoms with E-state index in [2.05, 4.69) is 19.2 Å². The van der Waals surface area contributed by atoms with Crippen LogP contribution < -0.4 is 10.1 Å². The summed E-state index contributed by atoms with van der Waals surface area (Å²) in [5.74, 6) is 0.827. The largest absolute Gasteiger partial charge is 0.493 e. The van der Waals surface area contributed by atoms with Crippen LogP contribution in [0.5, 0.6) is 5.75 Å². The van der Waals surface area contributed by atoms with Crippen molar-refractivity contribution in [1.29, 1.82) is 0 Å². The summed E-state index contributed by atoms with van der Waals surface area (Å²) in [6.45, 7) is 4.74. The molecule has 2 aromatic carbocycles. The molecule has 2 rings (SSSR count). The molecule has 0 spiro atoms. The third kappa shape index (κ3) is 6.10. The van der Waals surface area contributed by atoms with Gasteiger partial charge in [-0.05, 0) is 41.8 Å². The predicted octanol–water partition coefficient (Wildman–Crippen LogP) is 4.28. The molecule has 2 aromatic rings. The van der Waals surface area contributed by atoms with E-state index in [4.69, 9.17) is 4.74 Å². The number of nitrogens with zero attached hydrogens (tertiary/aromatic N) is 1. The molecule has 1 amide bonds. The van der Waals surface area contributed by atoms with Crippen molar-refractivity contribution >= 4 is 23.4 Å². The zero-order valence-electron chi connectivity index (χ0n) is 14.1. The summed E-state index contributed by atoms with van der Waals surface area (Å²) < 4.78 is 5.63. The number of nitrogens with one attached hydrogen (secondary N) is 1. The lowest BCUT2D eigenvalue weighted by molar-refractivity contribution is -0.384. The van der Waals surface area contributed by atoms with E-state index in [9.17, 15) is 14.9 Å². The standard InChI is InChI=1S/C19H20N2O4/c1-14(2)13-25-18-5-3-4-16(12-18)20-19(22)11-8-15-6-9-17(10-7-15)21(23)24/h3-12,14H,13H2,1-2H3,(H,20,22)/b11-8+. The first-order valence-electron chi connectivity index (χ1n) is 7.90. The van der Waals surface area contributed by atoms with Gasteiger partial charge in [0.25, 0.3) is 5.69 Å². The Morgan fingerprint density at radius 1 is 1.24 bits per heavy atom. The Hall–Kier alpha value is -3.15. The van der Waals surface area contributed by atoms with Gasteiger partial charge in [0, 0.05) is 30.0 Å². The smallest absolute Gasteiger partial charge is 0.269 e. The van der Waals surface area contributed by atoms with Gasteiger partial charge in [0.2, 0.25) is 5.91 Å². The van der Waals surface area contributed by atoms with E-state index in [0.29, 0.717) is 29.5 Å². The van der Waals surface area contributed by atoms with Crippen LogP contribution in [0.3, 0.4) is 0 Å². The number of non-ortho nitro benzene ring substituents is 1. The number of nitro groups is 1. The van der Waals surface area contributed by atoms with Crippen molar-refractivity contribution in [1.82, 2.24) is 0 Å². The zero-order valence-corrected chi connectivity index (χ0v) is 14.1. The molecule has 0 saturated heterocycles. The number of ether oxygens (including phenoxy) is 1. The van der Waals surface area contributed by atoms with E-state index < -0.39 is 4.92 Å². The van der Waals surface area contributed by atoms with Crippen molar-refractivity contribution in [3.05, 3.63) is 70.3 Å². The Morgan fingerprint density at radius 3 is 2.60 bits per heavy atom. The fourth-order valence-corrected chi connectivity index (χ4v) is 1.99. The van der Waals surface area contributed by atoms with Gasteiger partial charge in [0.15, 0.2) is 0 Å². The molecule has 0 aliphatic heterocycles. The fourth-order valence-electron chi connectivity index (χ4n) is 1.99. The van der Waals surface area contributed by atoms with Crippen molar-refractivity contribution in [2.24, 2.45) is 5.92 Å². The molecular weight excluding hydrogens is 320 g/mol. The number of hydrogen-bond donors (Lipinski definition) is 1. The molecule has 6 heteroatoms. The fraction of sp³-hybridized carbons (Fsp3) is 0.211. The minimum Gasteiger partial charge on any atom is -0.493 e. The highest BCUT2D eigenvalue weighted by atomic mass is 16.6. The average molecular weight is 340 g/mol. The van der Waals surface area contributed by atoms with E-state index in [0.717, 1.165) is 0 Å². The second-order valence-corrected chi connectivity index (χ2v) is 5.90. The molecule has 130 valence electrons. The second kappa shape index (κ2) is 8.63. The average Bonchev–Trinajstić information content (AvgIpc) is 2.59. The van der Waals surface area contributed by atoms with Gasteiger partial charge in [-0.2, -0.15) is 0 Å². The predicted molar refractivity (Wildman–Crippen MR) is 97.5 cm³/mol. The van der Waals surface area contributed by atoms with E-state index in [1.807, 2.05) is 12.1 Å². The van der Waals surface area contributed by atoms with E-state index >= 15 is 0 Å². The first-order chi connectivity index (χ1) is 11.9. The van der Waals surface area contributed by atoms with Gasteiger partial charge < -0.3 is 10.1 Å². The Labute approximate surface area is 146 Å². The van der Waals surface area contributed by atoms with Crippen LogP contribution in [0, 0.1) is 16.0 Å². The maximum absolute atomic E-state index is 12.0. The summed E-state index contributed by atoms with van der Waals surface area (Å²) in [5, 5.41) is 13.4. The monoisotopic (exact) mass is 340 g/mol. The first-order valence-corrected chi connectivity index (χ1v) is 7.90. The molecule has 0 unspecified atom stereocenters. The normalized spacial score (nSPS) is 10.8. The number of benzene rings is 2. The Kier molecular flexibility index (Phi) is 6.28. The molecule has 0 saturated carbocycles. The van der Waals surface area contributed by atoms with Gasteiger partial charge in [0.05, 0.1) is 11.5 Å². The van der Waals surface area contributed by atoms with Crippen molar-refractivity contribution in [3.63, 3.8) is 0 Å². The zero-order chi connectivity index (χ0) is 18.2. The first kappa shape index (κ1) is 18.2. The summed E-state index contributed by atoms with van der Waals surface area (Å²) in [4.78, 5) is 22.1. The molecule has 0 bridgehead atoms. The van der Waals surface area contributed by atoms with Gasteiger partial charge in [-0.3, -0.25) is 14.9 Å². The molecule has 0 atom stereocenters. The van der Waals surface area contributed by atoms with Crippen LogP contribution in [0.4, 0.5) is 11.4 Å². The maximum Gasteiger partial charge on any atom is 0.269 e. The van der Waals surface area contributed by atoms with Gasteiger partial charge in [-0.1, -0.05) is 19.9 Å². The Balaban J connectivity index is 1.95. The quantitative estimate of drug-likeness (QED) is 0.463. The maximum atomic E-state index is 12.0. The van der Waals surface area contributed by atoms with Gasteiger partial charge in [-0.15, -0.1) is 0 Å². The SMILES string of the molecule is CC(C)COc1cccc(NC(=O)/C=C/c2ccc([N+](=O)[O-])cc2)c1. The van der Waals surface area contributed by atoms with Crippen LogP contribution in [0.2, 0.25) is 0 Å². The number of nitro benzene ring substituents is 1. The van der Waals surface area contributed by atoms with Crippen LogP contribution >= 0.6 is 0 Å². The van der Waals surface area contributed by atoms with E-state index in [1.54, 1.807) is 30.3 Å². The molecule has 25 heavy (non-hydrogen) atoms. The number of carbonyl (C=O) groups excluding carboxylic acids is 1. The summed E-state index contributed by atoms with van der Waals surface area (Å²) >= 11 is 0. The van der Waals surface area contributed by atoms with E-state index in [-0.39, 0.29) is 11.6 Å². The van der Waals surface area contributed by atoms with Crippen molar-refractivity contribution < 1.29 is 14.5 Å². The Morgan fingerprint density at radius 2 is 1.96 bits per heavy atom. The van der Waals surface area contributed by atoms with Gasteiger partial charge in [-0.25, -0.2) is 0 Å². The summed E-state index contributed by atoms with van der Waals surface area (Å²) in [6, 6.07) is 13.2. The molecule has 0 aliphatic rings. The summed E-state index contributed by atoms with van der Waals surface area (Å²) in [6.07, 6.45) is 2.97. The second-order valence-electron chi connectivity index (χ2n) is 5.90. The highest BCUT2D eigenvalue weighted by molar-refractivity contribution is 6.02. The molecule has 0 fully saturated rings. The van der Waals surface area contributed by atoms with Crippen molar-refractivity contribution in [2.45, 2.75) is 13.8 Å². The van der Waals surface area contributed by atoms with Crippen LogP contribution in [0.25, 0.3) is 6.08 Å². The molecular formula is C19H20N2O4. The number of amides is 1. The molecule has 0 heterocycles. The van der Waals surface area contributed by atoms with Crippen molar-refractivity contribution in [3.8, 4) is 5.75 Å². The van der Waals surface area contributed by atoms with Gasteiger partial charge in [0.1, 0.15) is 5.75 Å². The highest BCUT2D eigenvalue weighted by Crippen LogP contribution is 2.18. The minimum absolute atomic E-state index is 0.0137. The summed E-state index contributed by atoms with van der Waals surface area (Å²) in [5.41, 5.74) is 1.36. The minimum atomic E-state index is -0.464. The molecule has 0 aliphatic carbocycles. The number of hydrogen-bond acceptors (Lipinski definition) is 4. The van der Waals surface area contributed by atoms with Crippen LogP contribution in [0.1, 0.15) is 19.4 Å². The number of rotatable bonds is 7. The lowest BCUT2D eigenvalue weighted by Crippen LogP contribution is -2.08.